The lowest BCUT2D eigenvalue weighted by atomic mass is 10.2. The van der Waals surface area contributed by atoms with Crippen LogP contribution in [0.2, 0.25) is 5.02 Å². The van der Waals surface area contributed by atoms with Gasteiger partial charge in [0.25, 0.3) is 5.91 Å². The van der Waals surface area contributed by atoms with Gasteiger partial charge in [-0.25, -0.2) is 13.8 Å². The van der Waals surface area contributed by atoms with E-state index in [9.17, 15) is 13.6 Å². The van der Waals surface area contributed by atoms with E-state index < -0.39 is 17.5 Å². The molecule has 0 fully saturated rings. The van der Waals surface area contributed by atoms with Crippen LogP contribution in [0.25, 0.3) is 22.6 Å². The predicted octanol–water partition coefficient (Wildman–Crippen LogP) is 5.68. The summed E-state index contributed by atoms with van der Waals surface area (Å²) in [6.45, 7) is 0. The second-order valence-electron chi connectivity index (χ2n) is 5.76. The largest absolute Gasteiger partial charge is 0.436 e. The van der Waals surface area contributed by atoms with Crippen LogP contribution >= 0.6 is 11.6 Å². The van der Waals surface area contributed by atoms with Crippen molar-refractivity contribution >= 4 is 34.3 Å². The Kier molecular flexibility index (Phi) is 4.33. The monoisotopic (exact) mass is 384 g/mol. The Morgan fingerprint density at radius 1 is 1.00 bits per heavy atom. The highest BCUT2D eigenvalue weighted by molar-refractivity contribution is 6.30. The number of fused-ring (bicyclic) bond motifs is 1. The topological polar surface area (TPSA) is 55.1 Å². The number of rotatable bonds is 3. The smallest absolute Gasteiger partial charge is 0.255 e. The molecule has 0 bridgehead atoms. The first-order valence-corrected chi connectivity index (χ1v) is 8.31. The molecule has 0 radical (unpaired) electrons. The summed E-state index contributed by atoms with van der Waals surface area (Å²) in [5, 5.41) is 2.59. The number of carbonyl (C=O) groups excluding carboxylic acids is 1. The molecular weight excluding hydrogens is 374 g/mol. The summed E-state index contributed by atoms with van der Waals surface area (Å²) in [5.41, 5.74) is 1.72. The number of nitrogens with zero attached hydrogens (tertiary/aromatic N) is 1. The first-order valence-electron chi connectivity index (χ1n) is 7.93. The van der Waals surface area contributed by atoms with Gasteiger partial charge in [-0.05, 0) is 48.5 Å². The quantitative estimate of drug-likeness (QED) is 0.494. The maximum absolute atomic E-state index is 13.9. The molecule has 3 aromatic carbocycles. The highest BCUT2D eigenvalue weighted by Gasteiger charge is 2.14. The molecule has 4 rings (SSSR count). The van der Waals surface area contributed by atoms with Crippen LogP contribution in [0.5, 0.6) is 0 Å². The van der Waals surface area contributed by atoms with Crippen LogP contribution in [0, 0.1) is 11.6 Å². The predicted molar refractivity (Wildman–Crippen MR) is 98.8 cm³/mol. The van der Waals surface area contributed by atoms with Crippen LogP contribution in [0.4, 0.5) is 14.5 Å². The molecule has 0 aliphatic rings. The van der Waals surface area contributed by atoms with Crippen LogP contribution in [-0.4, -0.2) is 10.9 Å². The Labute approximate surface area is 157 Å². The molecule has 1 heterocycles. The number of carbonyl (C=O) groups is 1. The fraction of sp³-hybridized carbons (Fsp3) is 0. The number of hydrogen-bond donors (Lipinski definition) is 1. The molecule has 27 heavy (non-hydrogen) atoms. The highest BCUT2D eigenvalue weighted by Crippen LogP contribution is 2.28. The Bertz CT molecular complexity index is 1170. The van der Waals surface area contributed by atoms with Gasteiger partial charge in [0.1, 0.15) is 17.2 Å². The normalized spacial score (nSPS) is 10.9. The number of amides is 1. The molecule has 0 aliphatic heterocycles. The number of nitrogens with one attached hydrogen (secondary N) is 1. The third-order valence-corrected chi connectivity index (χ3v) is 4.24. The summed E-state index contributed by atoms with van der Waals surface area (Å²) in [6, 6.07) is 14.8. The van der Waals surface area contributed by atoms with E-state index in [-0.39, 0.29) is 22.0 Å². The minimum absolute atomic E-state index is 0.0590. The van der Waals surface area contributed by atoms with E-state index in [0.717, 1.165) is 6.07 Å². The van der Waals surface area contributed by atoms with E-state index in [1.807, 2.05) is 0 Å². The van der Waals surface area contributed by atoms with E-state index in [2.05, 4.69) is 10.3 Å². The van der Waals surface area contributed by atoms with Crippen molar-refractivity contribution in [1.29, 1.82) is 0 Å². The van der Waals surface area contributed by atoms with E-state index in [4.69, 9.17) is 16.0 Å². The number of anilines is 1. The van der Waals surface area contributed by atoms with Crippen molar-refractivity contribution in [3.63, 3.8) is 0 Å². The van der Waals surface area contributed by atoms with Gasteiger partial charge >= 0.3 is 0 Å². The molecule has 1 amide bonds. The molecule has 4 nitrogen and oxygen atoms in total. The summed E-state index contributed by atoms with van der Waals surface area (Å²) in [5.74, 6) is -1.47. The van der Waals surface area contributed by atoms with Crippen molar-refractivity contribution in [1.82, 2.24) is 4.98 Å². The zero-order chi connectivity index (χ0) is 19.0. The summed E-state index contributed by atoms with van der Waals surface area (Å²) >= 11 is 5.62. The van der Waals surface area contributed by atoms with Crippen molar-refractivity contribution in [2.75, 3.05) is 5.32 Å². The van der Waals surface area contributed by atoms with Gasteiger partial charge in [-0.1, -0.05) is 23.7 Å². The highest BCUT2D eigenvalue weighted by atomic mass is 35.5. The average Bonchev–Trinajstić information content (AvgIpc) is 3.07. The Balaban J connectivity index is 1.62. The van der Waals surface area contributed by atoms with E-state index in [1.165, 1.54) is 18.2 Å². The van der Waals surface area contributed by atoms with Crippen LogP contribution in [0.1, 0.15) is 10.4 Å². The first-order chi connectivity index (χ1) is 13.0. The first kappa shape index (κ1) is 17.2. The molecular formula is C20H11ClF2N2O2. The maximum Gasteiger partial charge on any atom is 0.255 e. The van der Waals surface area contributed by atoms with E-state index in [0.29, 0.717) is 16.8 Å². The molecule has 0 aliphatic carbocycles. The zero-order valence-corrected chi connectivity index (χ0v) is 14.4. The van der Waals surface area contributed by atoms with Crippen molar-refractivity contribution in [3.05, 3.63) is 82.9 Å². The minimum Gasteiger partial charge on any atom is -0.436 e. The number of oxazole rings is 1. The lowest BCUT2D eigenvalue weighted by Gasteiger charge is -2.05. The van der Waals surface area contributed by atoms with Gasteiger partial charge in [-0.2, -0.15) is 0 Å². The van der Waals surface area contributed by atoms with Crippen molar-refractivity contribution in [2.24, 2.45) is 0 Å². The fourth-order valence-electron chi connectivity index (χ4n) is 2.60. The van der Waals surface area contributed by atoms with Gasteiger partial charge in [0.2, 0.25) is 5.89 Å². The molecule has 7 heteroatoms. The number of hydrogen-bond acceptors (Lipinski definition) is 3. The van der Waals surface area contributed by atoms with Gasteiger partial charge in [0, 0.05) is 11.3 Å². The molecule has 0 saturated heterocycles. The van der Waals surface area contributed by atoms with Crippen LogP contribution in [0.15, 0.2) is 65.1 Å². The van der Waals surface area contributed by atoms with Gasteiger partial charge in [-0.3, -0.25) is 4.79 Å². The minimum atomic E-state index is -0.675. The Morgan fingerprint density at radius 2 is 1.81 bits per heavy atom. The molecule has 134 valence electrons. The van der Waals surface area contributed by atoms with Gasteiger partial charge in [0.15, 0.2) is 5.58 Å². The molecule has 0 unspecified atom stereocenters. The zero-order valence-electron chi connectivity index (χ0n) is 13.7. The van der Waals surface area contributed by atoms with Gasteiger partial charge in [0.05, 0.1) is 10.6 Å². The molecule has 4 aromatic rings. The standard InChI is InChI=1S/C20H11ClF2N2O2/c21-14-7-5-11(9-16(14)23)19(26)24-12-6-8-18-17(10-12)25-20(27-18)13-3-1-2-4-15(13)22/h1-10H,(H,24,26). The van der Waals surface area contributed by atoms with Crippen LogP contribution in [0.3, 0.4) is 0 Å². The third kappa shape index (κ3) is 3.39. The summed E-state index contributed by atoms with van der Waals surface area (Å²) in [7, 11) is 0. The van der Waals surface area contributed by atoms with Crippen molar-refractivity contribution in [3.8, 4) is 11.5 Å². The Hall–Kier alpha value is -3.25. The maximum atomic E-state index is 13.9. The van der Waals surface area contributed by atoms with E-state index >= 15 is 0 Å². The molecule has 0 spiro atoms. The third-order valence-electron chi connectivity index (χ3n) is 3.93. The van der Waals surface area contributed by atoms with Gasteiger partial charge in [-0.15, -0.1) is 0 Å². The molecule has 0 saturated carbocycles. The molecule has 1 N–H and O–H groups in total. The second-order valence-corrected chi connectivity index (χ2v) is 6.17. The number of benzene rings is 3. The second kappa shape index (κ2) is 6.81. The lowest BCUT2D eigenvalue weighted by molar-refractivity contribution is 0.102. The van der Waals surface area contributed by atoms with Gasteiger partial charge < -0.3 is 9.73 Å². The number of halogens is 3. The lowest BCUT2D eigenvalue weighted by Crippen LogP contribution is -2.12. The summed E-state index contributed by atoms with van der Waals surface area (Å²) in [4.78, 5) is 16.5. The Morgan fingerprint density at radius 3 is 2.59 bits per heavy atom. The van der Waals surface area contributed by atoms with Crippen molar-refractivity contribution in [2.45, 2.75) is 0 Å². The van der Waals surface area contributed by atoms with E-state index in [1.54, 1.807) is 36.4 Å². The summed E-state index contributed by atoms with van der Waals surface area (Å²) < 4.78 is 33.0. The van der Waals surface area contributed by atoms with Crippen LogP contribution < -0.4 is 5.32 Å². The fourth-order valence-corrected chi connectivity index (χ4v) is 2.71. The molecule has 1 aromatic heterocycles. The van der Waals surface area contributed by atoms with Crippen LogP contribution in [-0.2, 0) is 0 Å². The number of aromatic nitrogens is 1. The molecule has 0 atom stereocenters. The average molecular weight is 385 g/mol. The van der Waals surface area contributed by atoms with Crippen molar-refractivity contribution < 1.29 is 18.0 Å². The SMILES string of the molecule is O=C(Nc1ccc2oc(-c3ccccc3F)nc2c1)c1ccc(Cl)c(F)c1. The summed E-state index contributed by atoms with van der Waals surface area (Å²) in [6.07, 6.45) is 0.